The minimum atomic E-state index is -4.41. The molecular formula is C17H19F3N2O3. The highest BCUT2D eigenvalue weighted by Crippen LogP contribution is 2.23. The number of hydrogen-bond acceptors (Lipinski definition) is 3. The summed E-state index contributed by atoms with van der Waals surface area (Å²) < 4.78 is 40.7. The fourth-order valence-electron chi connectivity index (χ4n) is 2.33. The normalized spacial score (nSPS) is 11.5. The van der Waals surface area contributed by atoms with Gasteiger partial charge in [-0.25, -0.2) is 4.79 Å². The first-order valence-corrected chi connectivity index (χ1v) is 7.70. The van der Waals surface area contributed by atoms with Crippen molar-refractivity contribution in [1.29, 1.82) is 0 Å². The van der Waals surface area contributed by atoms with Gasteiger partial charge in [0.15, 0.2) is 0 Å². The van der Waals surface area contributed by atoms with Crippen LogP contribution in [0.25, 0.3) is 10.8 Å². The van der Waals surface area contributed by atoms with Crippen molar-refractivity contribution in [2.75, 3.05) is 38.2 Å². The van der Waals surface area contributed by atoms with Gasteiger partial charge in [-0.1, -0.05) is 36.4 Å². The van der Waals surface area contributed by atoms with Crippen LogP contribution < -0.4 is 5.32 Å². The van der Waals surface area contributed by atoms with Crippen molar-refractivity contribution in [2.24, 2.45) is 0 Å². The van der Waals surface area contributed by atoms with Gasteiger partial charge in [-0.15, -0.1) is 0 Å². The average Bonchev–Trinajstić information content (AvgIpc) is 2.57. The van der Waals surface area contributed by atoms with Gasteiger partial charge in [0.05, 0.1) is 18.9 Å². The van der Waals surface area contributed by atoms with E-state index in [0.29, 0.717) is 5.69 Å². The van der Waals surface area contributed by atoms with Crippen LogP contribution in [0.4, 0.5) is 23.7 Å². The van der Waals surface area contributed by atoms with Crippen LogP contribution in [0.5, 0.6) is 0 Å². The van der Waals surface area contributed by atoms with Gasteiger partial charge < -0.3 is 20.1 Å². The van der Waals surface area contributed by atoms with E-state index in [2.05, 4.69) is 10.1 Å². The molecule has 2 N–H and O–H groups in total. The van der Waals surface area contributed by atoms with E-state index >= 15 is 0 Å². The summed E-state index contributed by atoms with van der Waals surface area (Å²) in [6.07, 6.45) is -4.41. The lowest BCUT2D eigenvalue weighted by molar-refractivity contribution is -0.174. The number of aliphatic hydroxyl groups is 1. The number of fused-ring (bicyclic) bond motifs is 1. The highest BCUT2D eigenvalue weighted by atomic mass is 19.4. The van der Waals surface area contributed by atoms with Crippen molar-refractivity contribution in [3.05, 3.63) is 42.5 Å². The lowest BCUT2D eigenvalue weighted by Gasteiger charge is -2.22. The number of carbonyl (C=O) groups is 1. The number of aliphatic hydroxyl groups excluding tert-OH is 1. The average molecular weight is 356 g/mol. The van der Waals surface area contributed by atoms with Gasteiger partial charge in [0.2, 0.25) is 0 Å². The zero-order chi connectivity index (χ0) is 18.3. The molecule has 136 valence electrons. The maximum atomic E-state index is 12.4. The van der Waals surface area contributed by atoms with E-state index in [1.54, 1.807) is 12.1 Å². The van der Waals surface area contributed by atoms with Gasteiger partial charge in [-0.3, -0.25) is 0 Å². The Hall–Kier alpha value is -2.32. The molecule has 0 saturated carbocycles. The molecule has 2 amide bonds. The molecule has 0 radical (unpaired) electrons. The minimum absolute atomic E-state index is 0.00796. The molecule has 0 unspecified atom stereocenters. The van der Waals surface area contributed by atoms with Crippen molar-refractivity contribution in [2.45, 2.75) is 6.18 Å². The van der Waals surface area contributed by atoms with E-state index in [4.69, 9.17) is 5.11 Å². The quantitative estimate of drug-likeness (QED) is 0.749. The number of amides is 2. The number of nitrogens with one attached hydrogen (secondary N) is 1. The Morgan fingerprint density at radius 3 is 2.56 bits per heavy atom. The molecule has 2 rings (SSSR count). The second kappa shape index (κ2) is 8.68. The van der Waals surface area contributed by atoms with E-state index < -0.39 is 18.8 Å². The Balaban J connectivity index is 1.99. The van der Waals surface area contributed by atoms with Gasteiger partial charge in [0.1, 0.15) is 6.61 Å². The number of hydrogen-bond donors (Lipinski definition) is 2. The molecule has 0 heterocycles. The molecule has 8 heteroatoms. The molecule has 5 nitrogen and oxygen atoms in total. The number of benzene rings is 2. The zero-order valence-corrected chi connectivity index (χ0v) is 13.4. The SMILES string of the molecule is O=C(Nc1cccc2ccccc12)N(CCO)CCOCC(F)(F)F. The zero-order valence-electron chi connectivity index (χ0n) is 13.4. The lowest BCUT2D eigenvalue weighted by Crippen LogP contribution is -2.39. The summed E-state index contributed by atoms with van der Waals surface area (Å²) in [7, 11) is 0. The predicted octanol–water partition coefficient (Wildman–Crippen LogP) is 3.24. The Bertz CT molecular complexity index is 702. The van der Waals surface area contributed by atoms with Crippen LogP contribution in [0.15, 0.2) is 42.5 Å². The van der Waals surface area contributed by atoms with Crippen LogP contribution in [-0.4, -0.2) is 55.1 Å². The molecule has 2 aromatic carbocycles. The Morgan fingerprint density at radius 2 is 1.84 bits per heavy atom. The third-order valence-electron chi connectivity index (χ3n) is 3.46. The fraction of sp³-hybridized carbons (Fsp3) is 0.353. The number of halogens is 3. The summed E-state index contributed by atoms with van der Waals surface area (Å²) in [5.74, 6) is 0. The molecule has 2 aromatic rings. The van der Waals surface area contributed by atoms with Gasteiger partial charge >= 0.3 is 12.2 Å². The van der Waals surface area contributed by atoms with E-state index in [0.717, 1.165) is 10.8 Å². The molecule has 0 fully saturated rings. The number of nitrogens with zero attached hydrogens (tertiary/aromatic N) is 1. The Morgan fingerprint density at radius 1 is 1.12 bits per heavy atom. The molecule has 0 aliphatic carbocycles. The minimum Gasteiger partial charge on any atom is -0.395 e. The van der Waals surface area contributed by atoms with Crippen LogP contribution in [0, 0.1) is 0 Å². The molecule has 25 heavy (non-hydrogen) atoms. The summed E-state index contributed by atoms with van der Waals surface area (Å²) >= 11 is 0. The maximum Gasteiger partial charge on any atom is 0.411 e. The molecule has 0 atom stereocenters. The first-order valence-electron chi connectivity index (χ1n) is 7.70. The van der Waals surface area contributed by atoms with Crippen molar-refractivity contribution in [3.63, 3.8) is 0 Å². The third-order valence-corrected chi connectivity index (χ3v) is 3.46. The standard InChI is InChI=1S/C17H19F3N2O3/c18-17(19,20)12-25-11-9-22(8-10-23)16(24)21-15-7-3-5-13-4-1-2-6-14(13)15/h1-7,23H,8-12H2,(H,21,24). The molecule has 0 aliphatic heterocycles. The van der Waals surface area contributed by atoms with E-state index in [1.165, 1.54) is 4.90 Å². The largest absolute Gasteiger partial charge is 0.411 e. The topological polar surface area (TPSA) is 61.8 Å². The number of rotatable bonds is 7. The summed E-state index contributed by atoms with van der Waals surface area (Å²) in [5, 5.41) is 13.6. The van der Waals surface area contributed by atoms with Crippen LogP contribution in [0.2, 0.25) is 0 Å². The molecule has 0 saturated heterocycles. The number of alkyl halides is 3. The number of urea groups is 1. The van der Waals surface area contributed by atoms with Crippen LogP contribution in [0.1, 0.15) is 0 Å². The molecular weight excluding hydrogens is 337 g/mol. The number of ether oxygens (including phenoxy) is 1. The monoisotopic (exact) mass is 356 g/mol. The van der Waals surface area contributed by atoms with Crippen LogP contribution in [0.3, 0.4) is 0 Å². The Labute approximate surface area is 143 Å². The highest BCUT2D eigenvalue weighted by molar-refractivity contribution is 6.01. The van der Waals surface area contributed by atoms with E-state index in [1.807, 2.05) is 30.3 Å². The van der Waals surface area contributed by atoms with E-state index in [9.17, 15) is 18.0 Å². The molecule has 0 spiro atoms. The third kappa shape index (κ3) is 5.91. The fourth-order valence-corrected chi connectivity index (χ4v) is 2.33. The predicted molar refractivity (Wildman–Crippen MR) is 88.5 cm³/mol. The molecule has 0 aliphatic rings. The van der Waals surface area contributed by atoms with Crippen molar-refractivity contribution < 1.29 is 27.8 Å². The second-order valence-corrected chi connectivity index (χ2v) is 5.34. The summed E-state index contributed by atoms with van der Waals surface area (Å²) in [6, 6.07) is 12.4. The number of anilines is 1. The first-order chi connectivity index (χ1) is 11.9. The first kappa shape index (κ1) is 19.0. The van der Waals surface area contributed by atoms with E-state index in [-0.39, 0.29) is 26.3 Å². The summed E-state index contributed by atoms with van der Waals surface area (Å²) in [5.41, 5.74) is 0.585. The summed E-state index contributed by atoms with van der Waals surface area (Å²) in [4.78, 5) is 13.6. The lowest BCUT2D eigenvalue weighted by atomic mass is 10.1. The van der Waals surface area contributed by atoms with Gasteiger partial charge in [-0.2, -0.15) is 13.2 Å². The second-order valence-electron chi connectivity index (χ2n) is 5.34. The molecule has 0 aromatic heterocycles. The van der Waals surface area contributed by atoms with Crippen molar-refractivity contribution in [1.82, 2.24) is 4.90 Å². The van der Waals surface area contributed by atoms with Crippen LogP contribution >= 0.6 is 0 Å². The highest BCUT2D eigenvalue weighted by Gasteiger charge is 2.27. The maximum absolute atomic E-state index is 12.4. The Kier molecular flexibility index (Phi) is 6.60. The summed E-state index contributed by atoms with van der Waals surface area (Å²) in [6.45, 7) is -2.02. The number of carbonyl (C=O) groups excluding carboxylic acids is 1. The van der Waals surface area contributed by atoms with Gasteiger partial charge in [0, 0.05) is 18.5 Å². The smallest absolute Gasteiger partial charge is 0.395 e. The van der Waals surface area contributed by atoms with Crippen molar-refractivity contribution >= 4 is 22.5 Å². The van der Waals surface area contributed by atoms with Crippen LogP contribution in [-0.2, 0) is 4.74 Å². The molecule has 0 bridgehead atoms. The van der Waals surface area contributed by atoms with Gasteiger partial charge in [0.25, 0.3) is 0 Å². The van der Waals surface area contributed by atoms with Crippen molar-refractivity contribution in [3.8, 4) is 0 Å². The van der Waals surface area contributed by atoms with Gasteiger partial charge in [-0.05, 0) is 11.5 Å².